The molecule has 1 N–H and O–H groups in total. The van der Waals surface area contributed by atoms with Gasteiger partial charge in [-0.05, 0) is 38.1 Å². The Morgan fingerprint density at radius 3 is 2.50 bits per heavy atom. The lowest BCUT2D eigenvalue weighted by Crippen LogP contribution is -2.29. The fourth-order valence-electron chi connectivity index (χ4n) is 3.68. The molecule has 0 bridgehead atoms. The van der Waals surface area contributed by atoms with Crippen LogP contribution in [0.1, 0.15) is 57.4 Å². The van der Waals surface area contributed by atoms with Gasteiger partial charge in [0.05, 0.1) is 35.3 Å². The van der Waals surface area contributed by atoms with Crippen molar-refractivity contribution in [1.29, 1.82) is 5.26 Å². The summed E-state index contributed by atoms with van der Waals surface area (Å²) in [6, 6.07) is 7.76. The van der Waals surface area contributed by atoms with E-state index >= 15 is 0 Å². The third-order valence-electron chi connectivity index (χ3n) is 5.89. The van der Waals surface area contributed by atoms with Gasteiger partial charge in [0.15, 0.2) is 19.1 Å². The van der Waals surface area contributed by atoms with Crippen LogP contribution in [-0.2, 0) is 14.6 Å². The monoisotopic (exact) mass is 639 g/mol. The van der Waals surface area contributed by atoms with Gasteiger partial charge in [-0.3, -0.25) is 4.57 Å². The van der Waals surface area contributed by atoms with Crippen LogP contribution in [0.4, 0.5) is 4.39 Å². The maximum atomic E-state index is 13.8. The molecule has 0 saturated heterocycles. The Balaban J connectivity index is 1.69. The molecule has 0 amide bonds. The second-order valence-corrected chi connectivity index (χ2v) is 14.0. The standard InChI is InChI=1S/C27H34FN4O7PS2/c1-3-4-13-37-24-16-23-26(17-25(24)38-14-9-7-5-6-8-12-30-2)41-27(32-23)42(35,36)31-19-40(33,34)39-21-11-10-20(18-29)22(28)15-21/h10-11,15-17,31H,2-9,12-14,19H2,1H3,(H,33,34)/p-1. The molecule has 1 unspecified atom stereocenters. The molecular formula is C27H33FN4O7PS2-. The van der Waals surface area contributed by atoms with Gasteiger partial charge in [-0.1, -0.05) is 32.6 Å². The highest BCUT2D eigenvalue weighted by atomic mass is 32.2. The van der Waals surface area contributed by atoms with E-state index in [1.54, 1.807) is 18.2 Å². The van der Waals surface area contributed by atoms with Gasteiger partial charge in [0.2, 0.25) is 4.34 Å². The Kier molecular flexibility index (Phi) is 12.7. The molecule has 1 atom stereocenters. The highest BCUT2D eigenvalue weighted by Crippen LogP contribution is 2.39. The van der Waals surface area contributed by atoms with E-state index < -0.39 is 35.5 Å². The summed E-state index contributed by atoms with van der Waals surface area (Å²) in [7, 11) is -9.18. The number of nitrogens with zero attached hydrogens (tertiary/aromatic N) is 3. The average Bonchev–Trinajstić information content (AvgIpc) is 3.37. The van der Waals surface area contributed by atoms with Crippen LogP contribution in [0.5, 0.6) is 17.2 Å². The minimum absolute atomic E-state index is 0.292. The number of hydrogen-bond acceptors (Lipinski definition) is 11. The van der Waals surface area contributed by atoms with E-state index in [4.69, 9.17) is 19.3 Å². The molecule has 0 spiro atoms. The summed E-state index contributed by atoms with van der Waals surface area (Å²) in [6.07, 6.45) is 5.63. The van der Waals surface area contributed by atoms with Crippen LogP contribution in [0.25, 0.3) is 10.2 Å². The zero-order chi connectivity index (χ0) is 30.6. The minimum atomic E-state index is -4.83. The van der Waals surface area contributed by atoms with Crippen molar-refractivity contribution in [1.82, 2.24) is 9.71 Å². The molecule has 1 aromatic heterocycles. The Labute approximate surface area is 249 Å². The Bertz CT molecular complexity index is 1560. The fraction of sp³-hybridized carbons (Fsp3) is 0.444. The quantitative estimate of drug-likeness (QED) is 0.103. The average molecular weight is 640 g/mol. The lowest BCUT2D eigenvalue weighted by molar-refractivity contribution is -0.191. The van der Waals surface area contributed by atoms with Crippen LogP contribution in [0, 0.1) is 17.1 Å². The fourth-order valence-corrected chi connectivity index (χ4v) is 7.43. The zero-order valence-corrected chi connectivity index (χ0v) is 25.7. The van der Waals surface area contributed by atoms with Gasteiger partial charge >= 0.3 is 0 Å². The topological polar surface area (TPSA) is 163 Å². The van der Waals surface area contributed by atoms with Gasteiger partial charge in [0.25, 0.3) is 10.0 Å². The van der Waals surface area contributed by atoms with E-state index in [0.717, 1.165) is 81.0 Å². The molecule has 42 heavy (non-hydrogen) atoms. The number of aliphatic imine (C=N–C) groups is 1. The maximum Gasteiger partial charge on any atom is 0.268 e. The number of ether oxygens (including phenoxy) is 2. The van der Waals surface area contributed by atoms with Crippen molar-refractivity contribution in [2.45, 2.75) is 56.2 Å². The SMILES string of the molecule is C=NCCCCCCCOc1cc2sc(S(=O)(=O)NCP(=O)([O-])Oc3ccc(C#N)c(F)c3)nc2cc1OCCCC. The molecule has 11 nitrogen and oxygen atoms in total. The van der Waals surface area contributed by atoms with Crippen LogP contribution in [0.2, 0.25) is 0 Å². The van der Waals surface area contributed by atoms with Crippen molar-refractivity contribution in [3.8, 4) is 23.3 Å². The summed E-state index contributed by atoms with van der Waals surface area (Å²) in [4.78, 5) is 20.4. The molecule has 0 aliphatic heterocycles. The number of aromatic nitrogens is 1. The molecule has 0 aliphatic rings. The third kappa shape index (κ3) is 10.0. The Morgan fingerprint density at radius 2 is 1.81 bits per heavy atom. The molecule has 1 heterocycles. The number of rotatable bonds is 19. The molecule has 3 aromatic rings. The molecule has 2 aromatic carbocycles. The van der Waals surface area contributed by atoms with E-state index in [1.165, 1.54) is 0 Å². The van der Waals surface area contributed by atoms with Crippen molar-refractivity contribution in [2.75, 3.05) is 26.0 Å². The first-order chi connectivity index (χ1) is 20.1. The number of sulfonamides is 1. The van der Waals surface area contributed by atoms with Crippen LogP contribution in [0.15, 0.2) is 39.7 Å². The van der Waals surface area contributed by atoms with Gasteiger partial charge in [0, 0.05) is 24.7 Å². The first kappa shape index (κ1) is 33.4. The number of halogens is 1. The van der Waals surface area contributed by atoms with Gasteiger partial charge < -0.3 is 23.9 Å². The maximum absolute atomic E-state index is 13.8. The lowest BCUT2D eigenvalue weighted by atomic mass is 10.1. The summed E-state index contributed by atoms with van der Waals surface area (Å²) in [5.74, 6) is -0.440. The number of benzene rings is 2. The normalized spacial score (nSPS) is 12.9. The summed E-state index contributed by atoms with van der Waals surface area (Å²) in [5, 5.41) is 8.80. The number of nitrogens with one attached hydrogen (secondary N) is 1. The second-order valence-electron chi connectivity index (χ2n) is 9.27. The number of nitriles is 1. The molecule has 0 saturated carbocycles. The summed E-state index contributed by atoms with van der Waals surface area (Å²) in [5.41, 5.74) is 0.0598. The van der Waals surface area contributed by atoms with Crippen LogP contribution >= 0.6 is 18.9 Å². The Morgan fingerprint density at radius 1 is 1.12 bits per heavy atom. The molecular weight excluding hydrogens is 606 g/mol. The van der Waals surface area contributed by atoms with Gasteiger partial charge in [0.1, 0.15) is 17.6 Å². The van der Waals surface area contributed by atoms with Gasteiger partial charge in [-0.15, -0.1) is 11.3 Å². The molecule has 0 fully saturated rings. The second kappa shape index (κ2) is 16.0. The van der Waals surface area contributed by atoms with Crippen LogP contribution in [-0.4, -0.2) is 46.2 Å². The van der Waals surface area contributed by atoms with Crippen molar-refractivity contribution in [3.63, 3.8) is 0 Å². The summed E-state index contributed by atoms with van der Waals surface area (Å²) in [6.45, 7) is 7.20. The lowest BCUT2D eigenvalue weighted by Gasteiger charge is -2.24. The highest BCUT2D eigenvalue weighted by Gasteiger charge is 2.24. The molecule has 0 radical (unpaired) electrons. The van der Waals surface area contributed by atoms with Crippen LogP contribution < -0.4 is 23.6 Å². The van der Waals surface area contributed by atoms with Gasteiger partial charge in [-0.2, -0.15) is 9.98 Å². The highest BCUT2D eigenvalue weighted by molar-refractivity contribution is 7.91. The van der Waals surface area contributed by atoms with Crippen molar-refractivity contribution >= 4 is 45.9 Å². The van der Waals surface area contributed by atoms with Crippen molar-refractivity contribution < 1.29 is 36.3 Å². The van der Waals surface area contributed by atoms with Crippen LogP contribution in [0.3, 0.4) is 0 Å². The predicted molar refractivity (Wildman–Crippen MR) is 158 cm³/mol. The number of hydrogen-bond donors (Lipinski definition) is 1. The largest absolute Gasteiger partial charge is 0.768 e. The number of unbranched alkanes of at least 4 members (excludes halogenated alkanes) is 5. The minimum Gasteiger partial charge on any atom is -0.768 e. The van der Waals surface area contributed by atoms with E-state index in [0.29, 0.717) is 34.9 Å². The molecule has 3 rings (SSSR count). The summed E-state index contributed by atoms with van der Waals surface area (Å²) < 4.78 is 70.8. The number of thiazole rings is 1. The molecule has 15 heteroatoms. The predicted octanol–water partition coefficient (Wildman–Crippen LogP) is 5.38. The number of fused-ring (bicyclic) bond motifs is 1. The van der Waals surface area contributed by atoms with Gasteiger partial charge in [-0.25, -0.2) is 17.8 Å². The van der Waals surface area contributed by atoms with E-state index in [1.807, 2.05) is 11.6 Å². The zero-order valence-electron chi connectivity index (χ0n) is 23.2. The van der Waals surface area contributed by atoms with E-state index in [-0.39, 0.29) is 9.90 Å². The first-order valence-electron chi connectivity index (χ1n) is 13.4. The molecule has 228 valence electrons. The third-order valence-corrected chi connectivity index (χ3v) is 9.94. The first-order valence-corrected chi connectivity index (χ1v) is 17.4. The van der Waals surface area contributed by atoms with E-state index in [9.17, 15) is 22.3 Å². The van der Waals surface area contributed by atoms with E-state index in [2.05, 4.69) is 16.7 Å². The smallest absolute Gasteiger partial charge is 0.268 e. The van der Waals surface area contributed by atoms with Crippen molar-refractivity contribution in [3.05, 3.63) is 41.7 Å². The summed E-state index contributed by atoms with van der Waals surface area (Å²) >= 11 is 0.847. The Hall–Kier alpha value is -3.08. The molecule has 0 aliphatic carbocycles. The van der Waals surface area contributed by atoms with Crippen molar-refractivity contribution in [2.24, 2.45) is 4.99 Å².